The van der Waals surface area contributed by atoms with Gasteiger partial charge in [-0.05, 0) is 13.0 Å². The van der Waals surface area contributed by atoms with Crippen LogP contribution in [0.5, 0.6) is 0 Å². The van der Waals surface area contributed by atoms with Gasteiger partial charge >= 0.3 is 0 Å². The van der Waals surface area contributed by atoms with E-state index in [9.17, 15) is 5.11 Å². The van der Waals surface area contributed by atoms with E-state index in [1.54, 1.807) is 14.0 Å². The first kappa shape index (κ1) is 15.8. The molecule has 0 aliphatic carbocycles. The van der Waals surface area contributed by atoms with Crippen LogP contribution in [0, 0.1) is 0 Å². The fourth-order valence-corrected chi connectivity index (χ4v) is 1.82. The average molecular weight is 314 g/mol. The first-order valence-corrected chi connectivity index (χ1v) is 6.46. The number of ether oxygens (including phenoxy) is 1. The minimum absolute atomic E-state index is 0.167. The van der Waals surface area contributed by atoms with Gasteiger partial charge in [0.15, 0.2) is 0 Å². The van der Waals surface area contributed by atoms with Crippen molar-refractivity contribution < 1.29 is 9.84 Å². The molecular formula is C11H15Cl3N2O2. The fraction of sp³-hybridized carbons (Fsp3) is 0.545. The predicted molar refractivity (Wildman–Crippen MR) is 74.9 cm³/mol. The average Bonchev–Trinajstić information content (AvgIpc) is 2.30. The van der Waals surface area contributed by atoms with Gasteiger partial charge in [-0.3, -0.25) is 0 Å². The molecule has 1 aromatic heterocycles. The van der Waals surface area contributed by atoms with Crippen molar-refractivity contribution in [1.82, 2.24) is 4.98 Å². The lowest BCUT2D eigenvalue weighted by molar-refractivity contribution is 0.0357. The molecule has 102 valence electrons. The second-order valence-corrected chi connectivity index (χ2v) is 5.36. The number of anilines is 1. The number of hydrogen-bond donors (Lipinski definition) is 2. The summed E-state index contributed by atoms with van der Waals surface area (Å²) in [5.74, 6) is 0.392. The number of halogens is 3. The van der Waals surface area contributed by atoms with Gasteiger partial charge < -0.3 is 15.2 Å². The summed E-state index contributed by atoms with van der Waals surface area (Å²) in [5.41, 5.74) is -0.923. The molecule has 18 heavy (non-hydrogen) atoms. The zero-order valence-electron chi connectivity index (χ0n) is 10.1. The largest absolute Gasteiger partial charge is 0.388 e. The number of aromatic nitrogens is 1. The van der Waals surface area contributed by atoms with Crippen LogP contribution >= 0.6 is 34.8 Å². The highest BCUT2D eigenvalue weighted by molar-refractivity contribution is 6.42. The van der Waals surface area contributed by atoms with E-state index in [-0.39, 0.29) is 11.7 Å². The van der Waals surface area contributed by atoms with Gasteiger partial charge in [0, 0.05) is 26.7 Å². The Kier molecular flexibility index (Phi) is 5.95. The quantitative estimate of drug-likeness (QED) is 0.792. The van der Waals surface area contributed by atoms with E-state index in [4.69, 9.17) is 39.5 Å². The van der Waals surface area contributed by atoms with Crippen molar-refractivity contribution in [3.63, 3.8) is 0 Å². The molecule has 4 nitrogen and oxygen atoms in total. The van der Waals surface area contributed by atoms with E-state index in [1.807, 2.05) is 0 Å². The molecule has 1 aromatic rings. The molecule has 1 unspecified atom stereocenters. The maximum Gasteiger partial charge on any atom is 0.150 e. The third kappa shape index (κ3) is 4.78. The van der Waals surface area contributed by atoms with Crippen LogP contribution in [0.25, 0.3) is 0 Å². The zero-order valence-corrected chi connectivity index (χ0v) is 12.4. The number of hydrogen-bond acceptors (Lipinski definition) is 4. The predicted octanol–water partition coefficient (Wildman–Crippen LogP) is 3.24. The molecule has 0 radical (unpaired) electrons. The van der Waals surface area contributed by atoms with Crippen LogP contribution in [0.2, 0.25) is 15.2 Å². The summed E-state index contributed by atoms with van der Waals surface area (Å²) in [6.07, 6.45) is 0.495. The number of aliphatic hydroxyl groups is 1. The summed E-state index contributed by atoms with van der Waals surface area (Å²) in [6.45, 7) is 2.45. The molecule has 1 atom stereocenters. The van der Waals surface area contributed by atoms with Gasteiger partial charge in [-0.1, -0.05) is 34.8 Å². The van der Waals surface area contributed by atoms with Gasteiger partial charge in [-0.15, -0.1) is 0 Å². The molecule has 0 amide bonds. The van der Waals surface area contributed by atoms with Crippen LogP contribution in [-0.4, -0.2) is 36.0 Å². The van der Waals surface area contributed by atoms with Crippen LogP contribution in [-0.2, 0) is 4.74 Å². The molecule has 0 aliphatic rings. The normalized spacial score (nSPS) is 14.3. The molecule has 1 rings (SSSR count). The summed E-state index contributed by atoms with van der Waals surface area (Å²) in [4.78, 5) is 4.00. The Labute approximate surface area is 121 Å². The Morgan fingerprint density at radius 1 is 1.39 bits per heavy atom. The molecule has 0 saturated heterocycles. The number of methoxy groups -OCH3 is 1. The highest BCUT2D eigenvalue weighted by atomic mass is 35.5. The van der Waals surface area contributed by atoms with Gasteiger partial charge in [0.05, 0.1) is 15.6 Å². The zero-order chi connectivity index (χ0) is 13.8. The van der Waals surface area contributed by atoms with E-state index < -0.39 is 5.60 Å². The van der Waals surface area contributed by atoms with Crippen molar-refractivity contribution >= 4 is 40.6 Å². The molecule has 0 bridgehead atoms. The van der Waals surface area contributed by atoms with Crippen molar-refractivity contribution in [1.29, 1.82) is 0 Å². The summed E-state index contributed by atoms with van der Waals surface area (Å²) in [5, 5.41) is 13.8. The Balaban J connectivity index is 2.66. The van der Waals surface area contributed by atoms with Gasteiger partial charge in [0.25, 0.3) is 0 Å². The molecule has 1 heterocycles. The third-order valence-electron chi connectivity index (χ3n) is 2.37. The van der Waals surface area contributed by atoms with E-state index in [0.717, 1.165) is 0 Å². The molecule has 0 aliphatic heterocycles. The molecule has 0 spiro atoms. The Morgan fingerprint density at radius 3 is 2.67 bits per heavy atom. The highest BCUT2D eigenvalue weighted by Gasteiger charge is 2.20. The maximum absolute atomic E-state index is 10.0. The van der Waals surface area contributed by atoms with Crippen molar-refractivity contribution in [2.75, 3.05) is 25.6 Å². The first-order valence-electron chi connectivity index (χ1n) is 5.32. The summed E-state index contributed by atoms with van der Waals surface area (Å²) in [6, 6.07) is 1.50. The second kappa shape index (κ2) is 6.78. The minimum Gasteiger partial charge on any atom is -0.388 e. The third-order valence-corrected chi connectivity index (χ3v) is 3.33. The van der Waals surface area contributed by atoms with Gasteiger partial charge in [-0.25, -0.2) is 4.98 Å². The minimum atomic E-state index is -0.923. The Hall–Kier alpha value is -0.260. The first-order chi connectivity index (χ1) is 8.35. The monoisotopic (exact) mass is 312 g/mol. The van der Waals surface area contributed by atoms with Gasteiger partial charge in [-0.2, -0.15) is 0 Å². The van der Waals surface area contributed by atoms with Crippen molar-refractivity contribution in [3.8, 4) is 0 Å². The highest BCUT2D eigenvalue weighted by Crippen LogP contribution is 2.29. The summed E-state index contributed by atoms with van der Waals surface area (Å²) in [7, 11) is 1.58. The van der Waals surface area contributed by atoms with Crippen LogP contribution < -0.4 is 5.32 Å². The van der Waals surface area contributed by atoms with Gasteiger partial charge in [0.2, 0.25) is 0 Å². The van der Waals surface area contributed by atoms with E-state index in [1.165, 1.54) is 6.07 Å². The maximum atomic E-state index is 10.0. The van der Waals surface area contributed by atoms with E-state index >= 15 is 0 Å². The van der Waals surface area contributed by atoms with Crippen LogP contribution in [0.4, 0.5) is 5.82 Å². The van der Waals surface area contributed by atoms with Gasteiger partial charge in [0.1, 0.15) is 11.0 Å². The standard InChI is InChI=1S/C11H15Cl3N2O2/c1-11(17,3-4-18-2)6-15-10-8(13)5-7(12)9(14)16-10/h5,17H,3-4,6H2,1-2H3,(H,15,16). The van der Waals surface area contributed by atoms with Crippen LogP contribution in [0.3, 0.4) is 0 Å². The molecule has 0 saturated carbocycles. The lowest BCUT2D eigenvalue weighted by atomic mass is 10.0. The topological polar surface area (TPSA) is 54.4 Å². The summed E-state index contributed by atoms with van der Waals surface area (Å²) < 4.78 is 4.92. The molecule has 2 N–H and O–H groups in total. The van der Waals surface area contributed by atoms with Crippen molar-refractivity contribution in [2.24, 2.45) is 0 Å². The molecule has 0 fully saturated rings. The summed E-state index contributed by atoms with van der Waals surface area (Å²) >= 11 is 17.5. The van der Waals surface area contributed by atoms with Crippen LogP contribution in [0.15, 0.2) is 6.07 Å². The SMILES string of the molecule is COCCC(C)(O)CNc1nc(Cl)c(Cl)cc1Cl. The molecule has 0 aromatic carbocycles. The number of nitrogens with one attached hydrogen (secondary N) is 1. The van der Waals surface area contributed by atoms with E-state index in [2.05, 4.69) is 10.3 Å². The van der Waals surface area contributed by atoms with E-state index in [0.29, 0.717) is 28.9 Å². The Bertz CT molecular complexity index is 414. The number of pyridine rings is 1. The van der Waals surface area contributed by atoms with Crippen molar-refractivity contribution in [3.05, 3.63) is 21.3 Å². The Morgan fingerprint density at radius 2 is 2.06 bits per heavy atom. The number of nitrogens with zero attached hydrogens (tertiary/aromatic N) is 1. The molecule has 7 heteroatoms. The second-order valence-electron chi connectivity index (χ2n) is 4.18. The smallest absolute Gasteiger partial charge is 0.150 e. The lowest BCUT2D eigenvalue weighted by Gasteiger charge is -2.23. The number of rotatable bonds is 6. The lowest BCUT2D eigenvalue weighted by Crippen LogP contribution is -2.34. The van der Waals surface area contributed by atoms with Crippen LogP contribution in [0.1, 0.15) is 13.3 Å². The van der Waals surface area contributed by atoms with Crippen molar-refractivity contribution in [2.45, 2.75) is 18.9 Å². The fourth-order valence-electron chi connectivity index (χ4n) is 1.25. The molecular weight excluding hydrogens is 298 g/mol.